The summed E-state index contributed by atoms with van der Waals surface area (Å²) >= 11 is 18.7. The van der Waals surface area contributed by atoms with Crippen LogP contribution in [0.5, 0.6) is 0 Å². The van der Waals surface area contributed by atoms with Gasteiger partial charge in [-0.3, -0.25) is 14.5 Å². The smallest absolute Gasteiger partial charge is 0.337 e. The summed E-state index contributed by atoms with van der Waals surface area (Å²) in [6.45, 7) is 0.0662. The Labute approximate surface area is 201 Å². The van der Waals surface area contributed by atoms with Crippen molar-refractivity contribution in [2.45, 2.75) is 6.54 Å². The molecule has 10 heteroatoms. The maximum Gasteiger partial charge on any atom is 0.337 e. The topological polar surface area (TPSA) is 87.8 Å². The number of carbonyl (C=O) groups is 3. The first kappa shape index (κ1) is 22.5. The lowest BCUT2D eigenvalue weighted by Gasteiger charge is -2.12. The van der Waals surface area contributed by atoms with E-state index >= 15 is 0 Å². The van der Waals surface area contributed by atoms with Crippen LogP contribution in [0.2, 0.25) is 15.1 Å². The van der Waals surface area contributed by atoms with Crippen molar-refractivity contribution in [1.29, 1.82) is 0 Å². The van der Waals surface area contributed by atoms with Crippen LogP contribution in [0, 0.1) is 0 Å². The van der Waals surface area contributed by atoms with Crippen LogP contribution < -0.4 is 0 Å². The van der Waals surface area contributed by atoms with Crippen LogP contribution in [-0.2, 0) is 11.3 Å². The Bertz CT molecular complexity index is 1300. The number of rotatable bonds is 5. The first-order chi connectivity index (χ1) is 15.2. The van der Waals surface area contributed by atoms with E-state index in [9.17, 15) is 14.4 Å². The largest absolute Gasteiger partial charge is 0.478 e. The SMILES string of the molecule is O=C(O)c1ccc(-c2ccc(/C=C3\SC(=O)N(Cc4ccc(Cl)c(Cl)c4)C3=O)o2)cc1Cl. The highest BCUT2D eigenvalue weighted by Gasteiger charge is 2.35. The predicted octanol–water partition coefficient (Wildman–Crippen LogP) is 6.84. The van der Waals surface area contributed by atoms with Gasteiger partial charge in [-0.1, -0.05) is 46.9 Å². The van der Waals surface area contributed by atoms with Crippen molar-refractivity contribution in [3.8, 4) is 11.3 Å². The number of thioether (sulfide) groups is 1. The van der Waals surface area contributed by atoms with Gasteiger partial charge in [0.1, 0.15) is 11.5 Å². The predicted molar refractivity (Wildman–Crippen MR) is 124 cm³/mol. The molecule has 1 N–H and O–H groups in total. The summed E-state index contributed by atoms with van der Waals surface area (Å²) in [7, 11) is 0. The van der Waals surface area contributed by atoms with Crippen LogP contribution in [0.15, 0.2) is 57.9 Å². The van der Waals surface area contributed by atoms with E-state index in [1.54, 1.807) is 36.4 Å². The van der Waals surface area contributed by atoms with Crippen molar-refractivity contribution in [1.82, 2.24) is 4.90 Å². The molecular formula is C22H12Cl3NO5S. The molecule has 0 radical (unpaired) electrons. The van der Waals surface area contributed by atoms with Gasteiger partial charge in [-0.05, 0) is 53.7 Å². The molecule has 3 aromatic rings. The number of amides is 2. The molecule has 1 aliphatic heterocycles. The minimum atomic E-state index is -1.13. The van der Waals surface area contributed by atoms with E-state index in [1.165, 1.54) is 18.2 Å². The highest BCUT2D eigenvalue weighted by molar-refractivity contribution is 8.18. The molecule has 0 aliphatic carbocycles. The highest BCUT2D eigenvalue weighted by Crippen LogP contribution is 2.35. The Morgan fingerprint density at radius 3 is 2.47 bits per heavy atom. The summed E-state index contributed by atoms with van der Waals surface area (Å²) in [6.07, 6.45) is 1.48. The third-order valence-corrected chi connectivity index (χ3v) is 6.54. The van der Waals surface area contributed by atoms with E-state index in [1.807, 2.05) is 0 Å². The molecule has 1 fully saturated rings. The molecule has 0 saturated carbocycles. The quantitative estimate of drug-likeness (QED) is 0.380. The minimum Gasteiger partial charge on any atom is -0.478 e. The van der Waals surface area contributed by atoms with E-state index < -0.39 is 17.1 Å². The lowest BCUT2D eigenvalue weighted by molar-refractivity contribution is -0.123. The van der Waals surface area contributed by atoms with Gasteiger partial charge in [-0.2, -0.15) is 0 Å². The van der Waals surface area contributed by atoms with Crippen molar-refractivity contribution in [3.63, 3.8) is 0 Å². The first-order valence-corrected chi connectivity index (χ1v) is 11.0. The Kier molecular flexibility index (Phi) is 6.35. The number of carboxylic acid groups (broad SMARTS) is 1. The van der Waals surface area contributed by atoms with Gasteiger partial charge in [0.05, 0.1) is 32.1 Å². The number of imide groups is 1. The van der Waals surface area contributed by atoms with Gasteiger partial charge in [0.25, 0.3) is 11.1 Å². The molecule has 32 heavy (non-hydrogen) atoms. The number of aromatic carboxylic acids is 1. The van der Waals surface area contributed by atoms with Crippen molar-refractivity contribution in [2.75, 3.05) is 0 Å². The lowest BCUT2D eigenvalue weighted by Crippen LogP contribution is -2.27. The molecule has 0 spiro atoms. The monoisotopic (exact) mass is 507 g/mol. The molecule has 1 aliphatic rings. The molecule has 162 valence electrons. The summed E-state index contributed by atoms with van der Waals surface area (Å²) in [5.41, 5.74) is 1.23. The fraction of sp³-hybridized carbons (Fsp3) is 0.0455. The molecule has 1 aromatic heterocycles. The van der Waals surface area contributed by atoms with Gasteiger partial charge in [0.2, 0.25) is 0 Å². The second-order valence-corrected chi connectivity index (χ2v) is 8.93. The zero-order valence-corrected chi connectivity index (χ0v) is 19.1. The van der Waals surface area contributed by atoms with Crippen LogP contribution in [-0.4, -0.2) is 27.1 Å². The molecular weight excluding hydrogens is 497 g/mol. The fourth-order valence-electron chi connectivity index (χ4n) is 3.01. The van der Waals surface area contributed by atoms with Crippen molar-refractivity contribution >= 4 is 69.8 Å². The van der Waals surface area contributed by atoms with Gasteiger partial charge in [-0.15, -0.1) is 0 Å². The molecule has 2 heterocycles. The second-order valence-electron chi connectivity index (χ2n) is 6.72. The van der Waals surface area contributed by atoms with Crippen molar-refractivity contribution < 1.29 is 23.9 Å². The van der Waals surface area contributed by atoms with Gasteiger partial charge in [0, 0.05) is 11.6 Å². The number of benzene rings is 2. The number of carboxylic acids is 1. The number of nitrogens with zero attached hydrogens (tertiary/aromatic N) is 1. The second kappa shape index (κ2) is 9.03. The van der Waals surface area contributed by atoms with Crippen LogP contribution in [0.4, 0.5) is 4.79 Å². The Morgan fingerprint density at radius 1 is 1.00 bits per heavy atom. The molecule has 2 aromatic carbocycles. The normalized spacial score (nSPS) is 15.1. The standard InChI is InChI=1S/C22H12Cl3NO5S/c23-15-5-1-11(7-17(15)25)10-26-20(27)19(32-22(26)30)9-13-3-6-18(31-13)12-2-4-14(21(28)29)16(24)8-12/h1-9H,10H2,(H,28,29)/b19-9-. The Balaban J connectivity index is 1.53. The van der Waals surface area contributed by atoms with Gasteiger partial charge >= 0.3 is 5.97 Å². The molecule has 0 bridgehead atoms. The summed E-state index contributed by atoms with van der Waals surface area (Å²) < 4.78 is 5.74. The number of hydrogen-bond acceptors (Lipinski definition) is 5. The van der Waals surface area contributed by atoms with Crippen LogP contribution in [0.3, 0.4) is 0 Å². The highest BCUT2D eigenvalue weighted by atomic mass is 35.5. The van der Waals surface area contributed by atoms with E-state index in [-0.39, 0.29) is 22.0 Å². The zero-order valence-electron chi connectivity index (χ0n) is 16.0. The Hall–Kier alpha value is -2.71. The van der Waals surface area contributed by atoms with Crippen LogP contribution in [0.1, 0.15) is 21.7 Å². The number of carbonyl (C=O) groups excluding carboxylic acids is 2. The van der Waals surface area contributed by atoms with E-state index in [0.29, 0.717) is 32.7 Å². The summed E-state index contributed by atoms with van der Waals surface area (Å²) in [5, 5.41) is 9.48. The van der Waals surface area contributed by atoms with Gasteiger partial charge in [0.15, 0.2) is 0 Å². The van der Waals surface area contributed by atoms with Crippen LogP contribution >= 0.6 is 46.6 Å². The molecule has 1 saturated heterocycles. The zero-order chi connectivity index (χ0) is 23.0. The average molecular weight is 509 g/mol. The number of halogens is 3. The average Bonchev–Trinajstić information content (AvgIpc) is 3.31. The van der Waals surface area contributed by atoms with E-state index in [2.05, 4.69) is 0 Å². The van der Waals surface area contributed by atoms with Crippen LogP contribution in [0.25, 0.3) is 17.4 Å². The number of furan rings is 1. The summed E-state index contributed by atoms with van der Waals surface area (Å²) in [5.74, 6) is -0.778. The maximum atomic E-state index is 12.7. The summed E-state index contributed by atoms with van der Waals surface area (Å²) in [4.78, 5) is 37.5. The minimum absolute atomic E-state index is 0.0159. The summed E-state index contributed by atoms with van der Waals surface area (Å²) in [6, 6.07) is 12.7. The molecule has 0 unspecified atom stereocenters. The van der Waals surface area contributed by atoms with Gasteiger partial charge in [-0.25, -0.2) is 4.79 Å². The lowest BCUT2D eigenvalue weighted by atomic mass is 10.1. The van der Waals surface area contributed by atoms with Crippen molar-refractivity contribution in [3.05, 3.63) is 85.4 Å². The van der Waals surface area contributed by atoms with Gasteiger partial charge < -0.3 is 9.52 Å². The first-order valence-electron chi connectivity index (χ1n) is 9.05. The van der Waals surface area contributed by atoms with Crippen molar-refractivity contribution in [2.24, 2.45) is 0 Å². The van der Waals surface area contributed by atoms with E-state index in [4.69, 9.17) is 44.3 Å². The molecule has 6 nitrogen and oxygen atoms in total. The molecule has 2 amide bonds. The Morgan fingerprint density at radius 2 is 1.78 bits per heavy atom. The third kappa shape index (κ3) is 4.56. The fourth-order valence-corrected chi connectivity index (χ4v) is 4.41. The van der Waals surface area contributed by atoms with E-state index in [0.717, 1.165) is 16.7 Å². The third-order valence-electron chi connectivity index (χ3n) is 4.58. The number of hydrogen-bond donors (Lipinski definition) is 1. The molecule has 0 atom stereocenters. The maximum absolute atomic E-state index is 12.7. The molecule has 4 rings (SSSR count).